The summed E-state index contributed by atoms with van der Waals surface area (Å²) in [4.78, 5) is 33.8. The third-order valence-electron chi connectivity index (χ3n) is 8.80. The quantitative estimate of drug-likeness (QED) is 0.146. The molecule has 256 valence electrons. The molecule has 7 nitrogen and oxygen atoms in total. The van der Waals surface area contributed by atoms with E-state index in [4.69, 9.17) is 14.5 Å². The van der Waals surface area contributed by atoms with Gasteiger partial charge in [0.15, 0.2) is 4.80 Å². The molecule has 0 fully saturated rings. The van der Waals surface area contributed by atoms with Gasteiger partial charge in [-0.2, -0.15) is 0 Å². The summed E-state index contributed by atoms with van der Waals surface area (Å²) in [6, 6.07) is 35.8. The molecule has 7 rings (SSSR count). The van der Waals surface area contributed by atoms with Crippen LogP contribution in [0.1, 0.15) is 43.5 Å². The number of hydrogen-bond acceptors (Lipinski definition) is 6. The molecule has 0 aliphatic carbocycles. The van der Waals surface area contributed by atoms with Crippen molar-refractivity contribution in [2.45, 2.75) is 39.8 Å². The van der Waals surface area contributed by atoms with Gasteiger partial charge in [-0.3, -0.25) is 9.36 Å². The van der Waals surface area contributed by atoms with Gasteiger partial charge in [-0.25, -0.2) is 9.79 Å². The highest BCUT2D eigenvalue weighted by Crippen LogP contribution is 2.39. The molecule has 0 saturated carbocycles. The molecule has 0 N–H and O–H groups in total. The summed E-state index contributed by atoms with van der Waals surface area (Å²) in [5, 5.41) is 0. The van der Waals surface area contributed by atoms with Crippen LogP contribution in [0.5, 0.6) is 5.75 Å². The number of ether oxygens (including phenoxy) is 2. The Morgan fingerprint density at radius 2 is 1.57 bits per heavy atom. The van der Waals surface area contributed by atoms with Crippen molar-refractivity contribution >= 4 is 39.3 Å². The standard InChI is InChI=1S/C42H36BrN3O4S/c1-25(2)50-41(48)37-27(4)44-42-46(39(37)33-24-31(43)18-21-35(33)49-5)40(47)36(51-42)23-30-22-34(28-12-8-6-9-13-28)45(32-19-16-26(3)17-20-32)38(30)29-14-10-7-11-15-29/h6-25,39H,1-5H3/b36-23-/t39-/m0/s1. The number of hydrogen-bond donors (Lipinski definition) is 0. The summed E-state index contributed by atoms with van der Waals surface area (Å²) >= 11 is 4.89. The van der Waals surface area contributed by atoms with Crippen LogP contribution < -0.4 is 19.6 Å². The van der Waals surface area contributed by atoms with Gasteiger partial charge in [0.05, 0.1) is 40.4 Å². The van der Waals surface area contributed by atoms with E-state index in [1.165, 1.54) is 16.9 Å². The van der Waals surface area contributed by atoms with Crippen molar-refractivity contribution in [1.82, 2.24) is 9.13 Å². The maximum Gasteiger partial charge on any atom is 0.338 e. The van der Waals surface area contributed by atoms with Crippen LogP contribution in [0.25, 0.3) is 34.3 Å². The first-order chi connectivity index (χ1) is 24.6. The first kappa shape index (κ1) is 34.2. The number of carbonyl (C=O) groups excluding carboxylic acids is 1. The second-order valence-corrected chi connectivity index (χ2v) is 14.6. The second kappa shape index (κ2) is 14.2. The maximum atomic E-state index is 14.7. The van der Waals surface area contributed by atoms with Crippen LogP contribution in [-0.2, 0) is 9.53 Å². The van der Waals surface area contributed by atoms with Crippen LogP contribution in [0, 0.1) is 6.92 Å². The molecule has 0 radical (unpaired) electrons. The maximum absolute atomic E-state index is 14.7. The van der Waals surface area contributed by atoms with Crippen LogP contribution >= 0.6 is 27.3 Å². The predicted octanol–water partition coefficient (Wildman–Crippen LogP) is 8.39. The summed E-state index contributed by atoms with van der Waals surface area (Å²) in [7, 11) is 1.58. The molecule has 0 spiro atoms. The Bertz CT molecular complexity index is 2480. The Labute approximate surface area is 308 Å². The largest absolute Gasteiger partial charge is 0.496 e. The lowest BCUT2D eigenvalue weighted by molar-refractivity contribution is -0.143. The Balaban J connectivity index is 1.52. The number of thiazole rings is 1. The zero-order valence-corrected chi connectivity index (χ0v) is 31.3. The lowest BCUT2D eigenvalue weighted by Gasteiger charge is -2.26. The number of methoxy groups -OCH3 is 1. The van der Waals surface area contributed by atoms with Crippen LogP contribution in [0.4, 0.5) is 0 Å². The van der Waals surface area contributed by atoms with Gasteiger partial charge in [0.1, 0.15) is 11.8 Å². The monoisotopic (exact) mass is 757 g/mol. The van der Waals surface area contributed by atoms with Gasteiger partial charge >= 0.3 is 5.97 Å². The SMILES string of the molecule is COc1ccc(Br)cc1[C@H]1C(C(=O)OC(C)C)=C(C)N=c2s/c(=C\c3cc(-c4ccccc4)n(-c4ccc(C)cc4)c3-c3ccccc3)c(=O)n21. The molecule has 1 atom stereocenters. The fraction of sp³-hybridized carbons (Fsp3) is 0.167. The fourth-order valence-electron chi connectivity index (χ4n) is 6.53. The summed E-state index contributed by atoms with van der Waals surface area (Å²) in [6.07, 6.45) is 1.59. The highest BCUT2D eigenvalue weighted by atomic mass is 79.9. The van der Waals surface area contributed by atoms with E-state index in [9.17, 15) is 9.59 Å². The van der Waals surface area contributed by atoms with Crippen molar-refractivity contribution in [2.24, 2.45) is 4.99 Å². The van der Waals surface area contributed by atoms with E-state index in [1.807, 2.05) is 60.7 Å². The first-order valence-electron chi connectivity index (χ1n) is 16.6. The van der Waals surface area contributed by atoms with E-state index >= 15 is 0 Å². The number of halogens is 1. The van der Waals surface area contributed by atoms with Crippen molar-refractivity contribution in [3.8, 4) is 34.0 Å². The van der Waals surface area contributed by atoms with Gasteiger partial charge < -0.3 is 14.0 Å². The lowest BCUT2D eigenvalue weighted by atomic mass is 9.95. The highest BCUT2D eigenvalue weighted by Gasteiger charge is 2.36. The summed E-state index contributed by atoms with van der Waals surface area (Å²) in [6.45, 7) is 7.46. The third-order valence-corrected chi connectivity index (χ3v) is 10.3. The van der Waals surface area contributed by atoms with E-state index in [0.717, 1.165) is 38.2 Å². The van der Waals surface area contributed by atoms with Gasteiger partial charge in [-0.05, 0) is 81.3 Å². The Kier molecular flexibility index (Phi) is 9.50. The number of fused-ring (bicyclic) bond motifs is 1. The summed E-state index contributed by atoms with van der Waals surface area (Å²) in [5.41, 5.74) is 8.19. The van der Waals surface area contributed by atoms with Crippen molar-refractivity contribution in [1.29, 1.82) is 0 Å². The zero-order valence-electron chi connectivity index (χ0n) is 28.9. The van der Waals surface area contributed by atoms with Crippen molar-refractivity contribution in [3.05, 3.63) is 161 Å². The Morgan fingerprint density at radius 3 is 2.22 bits per heavy atom. The molecule has 0 saturated heterocycles. The van der Waals surface area contributed by atoms with Gasteiger partial charge in [-0.1, -0.05) is 106 Å². The number of aryl methyl sites for hydroxylation is 1. The van der Waals surface area contributed by atoms with E-state index in [0.29, 0.717) is 31.9 Å². The molecule has 6 aromatic rings. The van der Waals surface area contributed by atoms with E-state index in [-0.39, 0.29) is 11.7 Å². The lowest BCUT2D eigenvalue weighted by Crippen LogP contribution is -2.40. The van der Waals surface area contributed by atoms with Crippen LogP contribution in [0.2, 0.25) is 0 Å². The molecule has 4 aromatic carbocycles. The smallest absolute Gasteiger partial charge is 0.338 e. The topological polar surface area (TPSA) is 74.8 Å². The van der Waals surface area contributed by atoms with Gasteiger partial charge in [-0.15, -0.1) is 0 Å². The molecule has 9 heteroatoms. The fourth-order valence-corrected chi connectivity index (χ4v) is 7.95. The van der Waals surface area contributed by atoms with Crippen molar-refractivity contribution in [2.75, 3.05) is 7.11 Å². The number of aromatic nitrogens is 2. The summed E-state index contributed by atoms with van der Waals surface area (Å²) in [5.74, 6) is 0.0120. The minimum atomic E-state index is -0.826. The molecule has 0 amide bonds. The normalized spacial score (nSPS) is 14.4. The highest BCUT2D eigenvalue weighted by molar-refractivity contribution is 9.10. The van der Waals surface area contributed by atoms with Crippen LogP contribution in [0.3, 0.4) is 0 Å². The van der Waals surface area contributed by atoms with Crippen LogP contribution in [-0.4, -0.2) is 28.3 Å². The average Bonchev–Trinajstić information content (AvgIpc) is 3.65. The molecule has 1 aliphatic heterocycles. The van der Waals surface area contributed by atoms with Gasteiger partial charge in [0.25, 0.3) is 5.56 Å². The molecule has 1 aliphatic rings. The molecular formula is C42H36BrN3O4S. The second-order valence-electron chi connectivity index (χ2n) is 12.7. The molecule has 3 heterocycles. The van der Waals surface area contributed by atoms with Crippen molar-refractivity contribution in [3.63, 3.8) is 0 Å². The van der Waals surface area contributed by atoms with E-state index in [2.05, 4.69) is 82.0 Å². The Morgan fingerprint density at radius 1 is 0.902 bits per heavy atom. The molecule has 0 bridgehead atoms. The number of allylic oxidation sites excluding steroid dienone is 1. The van der Waals surface area contributed by atoms with Crippen molar-refractivity contribution < 1.29 is 14.3 Å². The van der Waals surface area contributed by atoms with Gasteiger partial charge in [0, 0.05) is 21.3 Å². The molecular weight excluding hydrogens is 722 g/mol. The predicted molar refractivity (Wildman–Crippen MR) is 207 cm³/mol. The molecule has 51 heavy (non-hydrogen) atoms. The average molecular weight is 759 g/mol. The zero-order chi connectivity index (χ0) is 35.8. The minimum absolute atomic E-state index is 0.267. The van der Waals surface area contributed by atoms with E-state index < -0.39 is 12.0 Å². The van der Waals surface area contributed by atoms with Crippen LogP contribution in [0.15, 0.2) is 135 Å². The number of esters is 1. The number of carbonyl (C=O) groups is 1. The Hall–Kier alpha value is -5.25. The minimum Gasteiger partial charge on any atom is -0.496 e. The van der Waals surface area contributed by atoms with E-state index in [1.54, 1.807) is 32.4 Å². The molecule has 2 aromatic heterocycles. The number of nitrogens with zero attached hydrogens (tertiary/aromatic N) is 3. The van der Waals surface area contributed by atoms with Gasteiger partial charge in [0.2, 0.25) is 0 Å². The number of benzene rings is 4. The molecule has 0 unspecified atom stereocenters. The summed E-state index contributed by atoms with van der Waals surface area (Å²) < 4.78 is 16.6. The number of rotatable bonds is 8. The first-order valence-corrected chi connectivity index (χ1v) is 18.3. The third kappa shape index (κ3) is 6.55.